The van der Waals surface area contributed by atoms with E-state index in [-0.39, 0.29) is 0 Å². The van der Waals surface area contributed by atoms with Gasteiger partial charge in [0.05, 0.1) is 0 Å². The normalized spacial score (nSPS) is 10.8. The highest BCUT2D eigenvalue weighted by Gasteiger charge is 2.03. The summed E-state index contributed by atoms with van der Waals surface area (Å²) in [5, 5.41) is 3.49. The van der Waals surface area contributed by atoms with Gasteiger partial charge in [-0.25, -0.2) is 0 Å². The summed E-state index contributed by atoms with van der Waals surface area (Å²) in [6.07, 6.45) is 0. The number of halogens is 1. The van der Waals surface area contributed by atoms with Crippen LogP contribution in [-0.4, -0.2) is 0 Å². The summed E-state index contributed by atoms with van der Waals surface area (Å²) in [6, 6.07) is 17.1. The van der Waals surface area contributed by atoms with Gasteiger partial charge in [-0.15, -0.1) is 11.3 Å². The second kappa shape index (κ2) is 4.04. The van der Waals surface area contributed by atoms with Crippen molar-refractivity contribution < 1.29 is 0 Å². The van der Waals surface area contributed by atoms with Crippen LogP contribution in [0.15, 0.2) is 58.4 Å². The third-order valence-corrected chi connectivity index (χ3v) is 4.06. The third kappa shape index (κ3) is 1.68. The molecule has 0 saturated heterocycles. The lowest BCUT2D eigenvalue weighted by Gasteiger charge is -2.03. The van der Waals surface area contributed by atoms with Gasteiger partial charge in [-0.05, 0) is 40.8 Å². The molecular formula is C14H9BrS. The van der Waals surface area contributed by atoms with Gasteiger partial charge >= 0.3 is 0 Å². The van der Waals surface area contributed by atoms with Crippen LogP contribution < -0.4 is 0 Å². The summed E-state index contributed by atoms with van der Waals surface area (Å²) in [5.41, 5.74) is 2.58. The zero-order chi connectivity index (χ0) is 11.0. The summed E-state index contributed by atoms with van der Waals surface area (Å²) in [6.45, 7) is 0. The van der Waals surface area contributed by atoms with Crippen molar-refractivity contribution in [2.24, 2.45) is 0 Å². The van der Waals surface area contributed by atoms with Gasteiger partial charge in [-0.2, -0.15) is 0 Å². The predicted octanol–water partition coefficient (Wildman–Crippen LogP) is 5.33. The van der Waals surface area contributed by atoms with Crippen LogP contribution in [-0.2, 0) is 0 Å². The molecule has 0 amide bonds. The minimum absolute atomic E-state index is 1.12. The monoisotopic (exact) mass is 288 g/mol. The fraction of sp³-hybridized carbons (Fsp3) is 0. The maximum absolute atomic E-state index is 3.46. The Morgan fingerprint density at radius 3 is 2.50 bits per heavy atom. The number of hydrogen-bond acceptors (Lipinski definition) is 1. The second-order valence-electron chi connectivity index (χ2n) is 3.64. The van der Waals surface area contributed by atoms with E-state index in [9.17, 15) is 0 Å². The van der Waals surface area contributed by atoms with Crippen molar-refractivity contribution in [2.45, 2.75) is 0 Å². The Labute approximate surface area is 107 Å². The van der Waals surface area contributed by atoms with Crippen molar-refractivity contribution in [3.8, 4) is 11.1 Å². The third-order valence-electron chi connectivity index (χ3n) is 2.65. The molecule has 78 valence electrons. The Bertz CT molecular complexity index is 623. The van der Waals surface area contributed by atoms with Crippen LogP contribution in [0.4, 0.5) is 0 Å². The zero-order valence-electron chi connectivity index (χ0n) is 8.48. The first-order valence-corrected chi connectivity index (χ1v) is 6.74. The maximum atomic E-state index is 3.46. The molecule has 0 aliphatic carbocycles. The predicted molar refractivity (Wildman–Crippen MR) is 75.0 cm³/mol. The average Bonchev–Trinajstić information content (AvgIpc) is 2.78. The number of thiophene rings is 1. The van der Waals surface area contributed by atoms with E-state index in [1.54, 1.807) is 11.3 Å². The fourth-order valence-electron chi connectivity index (χ4n) is 1.88. The highest BCUT2D eigenvalue weighted by Crippen LogP contribution is 2.32. The molecule has 0 aliphatic heterocycles. The molecule has 3 rings (SSSR count). The lowest BCUT2D eigenvalue weighted by Crippen LogP contribution is -1.77. The average molecular weight is 289 g/mol. The van der Waals surface area contributed by atoms with Crippen LogP contribution in [0.5, 0.6) is 0 Å². The van der Waals surface area contributed by atoms with Gasteiger partial charge < -0.3 is 0 Å². The maximum Gasteiger partial charge on any atom is 0.0348 e. The minimum atomic E-state index is 1.12. The van der Waals surface area contributed by atoms with E-state index < -0.39 is 0 Å². The number of fused-ring (bicyclic) bond motifs is 1. The molecule has 0 N–H and O–H groups in total. The molecule has 0 nitrogen and oxygen atoms in total. The molecule has 1 heterocycles. The largest absolute Gasteiger partial charge is 0.144 e. The van der Waals surface area contributed by atoms with Gasteiger partial charge in [0.1, 0.15) is 0 Å². The van der Waals surface area contributed by atoms with Crippen LogP contribution in [0, 0.1) is 0 Å². The summed E-state index contributed by atoms with van der Waals surface area (Å²) in [7, 11) is 0. The smallest absolute Gasteiger partial charge is 0.0348 e. The lowest BCUT2D eigenvalue weighted by molar-refractivity contribution is 1.63. The zero-order valence-corrected chi connectivity index (χ0v) is 10.9. The molecule has 1 aromatic heterocycles. The number of hydrogen-bond donors (Lipinski definition) is 0. The molecule has 0 unspecified atom stereocenters. The molecule has 0 spiro atoms. The molecule has 0 fully saturated rings. The molecule has 0 radical (unpaired) electrons. The summed E-state index contributed by atoms with van der Waals surface area (Å²) >= 11 is 5.25. The second-order valence-corrected chi connectivity index (χ2v) is 5.51. The number of rotatable bonds is 1. The van der Waals surface area contributed by atoms with E-state index >= 15 is 0 Å². The molecular weight excluding hydrogens is 280 g/mol. The Morgan fingerprint density at radius 1 is 0.875 bits per heavy atom. The summed E-state index contributed by atoms with van der Waals surface area (Å²) < 4.78 is 2.47. The van der Waals surface area contributed by atoms with Gasteiger partial charge in [0, 0.05) is 14.6 Å². The molecule has 2 aromatic carbocycles. The number of benzene rings is 2. The molecule has 3 aromatic rings. The standard InChI is InChI=1S/C14H9BrS/c15-11-6-4-10(5-7-11)12-2-1-3-14-13(12)8-9-16-14/h1-9H. The van der Waals surface area contributed by atoms with Crippen LogP contribution in [0.1, 0.15) is 0 Å². The van der Waals surface area contributed by atoms with Crippen molar-refractivity contribution in [1.29, 1.82) is 0 Å². The molecule has 0 bridgehead atoms. The Hall–Kier alpha value is -1.12. The summed E-state index contributed by atoms with van der Waals surface area (Å²) in [4.78, 5) is 0. The van der Waals surface area contributed by atoms with Crippen LogP contribution in [0.3, 0.4) is 0 Å². The minimum Gasteiger partial charge on any atom is -0.144 e. The molecule has 2 heteroatoms. The van der Waals surface area contributed by atoms with Crippen molar-refractivity contribution >= 4 is 37.4 Å². The van der Waals surface area contributed by atoms with Crippen molar-refractivity contribution in [1.82, 2.24) is 0 Å². The van der Waals surface area contributed by atoms with E-state index in [0.717, 1.165) is 4.47 Å². The van der Waals surface area contributed by atoms with Gasteiger partial charge in [-0.1, -0.05) is 40.2 Å². The van der Waals surface area contributed by atoms with Crippen molar-refractivity contribution in [3.05, 3.63) is 58.4 Å². The van der Waals surface area contributed by atoms with Gasteiger partial charge in [0.25, 0.3) is 0 Å². The Morgan fingerprint density at radius 2 is 1.69 bits per heavy atom. The van der Waals surface area contributed by atoms with E-state index in [1.807, 2.05) is 0 Å². The quantitative estimate of drug-likeness (QED) is 0.568. The van der Waals surface area contributed by atoms with Crippen LogP contribution >= 0.6 is 27.3 Å². The van der Waals surface area contributed by atoms with Crippen molar-refractivity contribution in [2.75, 3.05) is 0 Å². The topological polar surface area (TPSA) is 0 Å². The molecule has 0 saturated carbocycles. The molecule has 16 heavy (non-hydrogen) atoms. The fourth-order valence-corrected chi connectivity index (χ4v) is 2.95. The van der Waals surface area contributed by atoms with E-state index in [4.69, 9.17) is 0 Å². The first-order chi connectivity index (χ1) is 7.84. The van der Waals surface area contributed by atoms with Crippen molar-refractivity contribution in [3.63, 3.8) is 0 Å². The van der Waals surface area contributed by atoms with Crippen LogP contribution in [0.2, 0.25) is 0 Å². The molecule has 0 aliphatic rings. The Kier molecular flexibility index (Phi) is 2.54. The van der Waals surface area contributed by atoms with Gasteiger partial charge in [0.15, 0.2) is 0 Å². The molecule has 0 atom stereocenters. The van der Waals surface area contributed by atoms with E-state index in [1.165, 1.54) is 21.2 Å². The first kappa shape index (κ1) is 10.1. The summed E-state index contributed by atoms with van der Waals surface area (Å²) in [5.74, 6) is 0. The van der Waals surface area contributed by atoms with Gasteiger partial charge in [0.2, 0.25) is 0 Å². The van der Waals surface area contributed by atoms with E-state index in [2.05, 4.69) is 69.8 Å². The lowest BCUT2D eigenvalue weighted by atomic mass is 10.0. The SMILES string of the molecule is Brc1ccc(-c2cccc3sccc23)cc1. The van der Waals surface area contributed by atoms with Gasteiger partial charge in [-0.3, -0.25) is 0 Å². The Balaban J connectivity index is 2.25. The highest BCUT2D eigenvalue weighted by atomic mass is 79.9. The van der Waals surface area contributed by atoms with Crippen LogP contribution in [0.25, 0.3) is 21.2 Å². The highest BCUT2D eigenvalue weighted by molar-refractivity contribution is 9.10. The first-order valence-electron chi connectivity index (χ1n) is 5.07. The van der Waals surface area contributed by atoms with E-state index in [0.29, 0.717) is 0 Å².